The zero-order valence-corrected chi connectivity index (χ0v) is 18.2. The molecule has 0 unspecified atom stereocenters. The number of ether oxygens (including phenoxy) is 1. The van der Waals surface area contributed by atoms with E-state index in [9.17, 15) is 4.79 Å². The largest absolute Gasteiger partial charge is 0.497 e. The van der Waals surface area contributed by atoms with Crippen LogP contribution in [0.5, 0.6) is 5.75 Å². The highest BCUT2D eigenvalue weighted by molar-refractivity contribution is 8.00. The molecule has 156 valence electrons. The molecule has 0 aliphatic carbocycles. The van der Waals surface area contributed by atoms with Gasteiger partial charge in [-0.15, -0.1) is 10.2 Å². The van der Waals surface area contributed by atoms with E-state index in [1.807, 2.05) is 35.0 Å². The highest BCUT2D eigenvalue weighted by Crippen LogP contribution is 2.38. The Kier molecular flexibility index (Phi) is 6.15. The van der Waals surface area contributed by atoms with Crippen molar-refractivity contribution in [2.75, 3.05) is 17.9 Å². The van der Waals surface area contributed by atoms with Gasteiger partial charge in [0.05, 0.1) is 13.2 Å². The summed E-state index contributed by atoms with van der Waals surface area (Å²) < 4.78 is 7.17. The van der Waals surface area contributed by atoms with Gasteiger partial charge in [0, 0.05) is 17.1 Å². The molecule has 0 radical (unpaired) electrons. The highest BCUT2D eigenvalue weighted by atomic mass is 35.5. The SMILES string of the molecule is CCCc1nnc2n1N[C@H](c1ccc(OC)cc1)[C@H](C(=O)Nc1cccc(Cl)c1)S2. The van der Waals surface area contributed by atoms with Crippen LogP contribution in [0.2, 0.25) is 5.02 Å². The van der Waals surface area contributed by atoms with Gasteiger partial charge in [-0.25, -0.2) is 4.68 Å². The number of carbonyl (C=O) groups excluding carboxylic acids is 1. The van der Waals surface area contributed by atoms with E-state index in [1.54, 1.807) is 25.3 Å². The Morgan fingerprint density at radius 1 is 1.27 bits per heavy atom. The van der Waals surface area contributed by atoms with E-state index in [2.05, 4.69) is 27.9 Å². The van der Waals surface area contributed by atoms with Crippen molar-refractivity contribution in [1.29, 1.82) is 0 Å². The van der Waals surface area contributed by atoms with Crippen LogP contribution in [0.1, 0.15) is 30.8 Å². The number of halogens is 1. The molecule has 2 aromatic carbocycles. The number of aromatic nitrogens is 3. The third-order valence-corrected chi connectivity index (χ3v) is 6.25. The van der Waals surface area contributed by atoms with E-state index >= 15 is 0 Å². The molecule has 30 heavy (non-hydrogen) atoms. The summed E-state index contributed by atoms with van der Waals surface area (Å²) in [5, 5.41) is 12.3. The Labute approximate surface area is 184 Å². The molecule has 2 heterocycles. The van der Waals surface area contributed by atoms with Crippen molar-refractivity contribution in [3.8, 4) is 5.75 Å². The van der Waals surface area contributed by atoms with Crippen LogP contribution < -0.4 is 15.5 Å². The summed E-state index contributed by atoms with van der Waals surface area (Å²) >= 11 is 7.46. The van der Waals surface area contributed by atoms with Gasteiger partial charge >= 0.3 is 0 Å². The van der Waals surface area contributed by atoms with E-state index in [4.69, 9.17) is 16.3 Å². The minimum absolute atomic E-state index is 0.137. The predicted molar refractivity (Wildman–Crippen MR) is 119 cm³/mol. The van der Waals surface area contributed by atoms with E-state index < -0.39 is 5.25 Å². The summed E-state index contributed by atoms with van der Waals surface area (Å²) in [6, 6.07) is 14.5. The highest BCUT2D eigenvalue weighted by Gasteiger charge is 2.37. The molecule has 0 spiro atoms. The zero-order chi connectivity index (χ0) is 21.1. The summed E-state index contributed by atoms with van der Waals surface area (Å²) in [6.07, 6.45) is 1.76. The van der Waals surface area contributed by atoms with Crippen molar-refractivity contribution in [1.82, 2.24) is 14.9 Å². The van der Waals surface area contributed by atoms with Crippen molar-refractivity contribution >= 4 is 35.0 Å². The van der Waals surface area contributed by atoms with Gasteiger partial charge < -0.3 is 15.5 Å². The second-order valence-corrected chi connectivity index (χ2v) is 8.45. The summed E-state index contributed by atoms with van der Waals surface area (Å²) in [6.45, 7) is 2.10. The topological polar surface area (TPSA) is 81.1 Å². The fraction of sp³-hybridized carbons (Fsp3) is 0.286. The Bertz CT molecular complexity index is 1040. The molecule has 9 heteroatoms. The molecule has 1 amide bonds. The smallest absolute Gasteiger partial charge is 0.240 e. The van der Waals surface area contributed by atoms with E-state index in [0.717, 1.165) is 30.0 Å². The lowest BCUT2D eigenvalue weighted by Crippen LogP contribution is -2.41. The van der Waals surface area contributed by atoms with Crippen LogP contribution in [0, 0.1) is 0 Å². The molecule has 2 atom stereocenters. The lowest BCUT2D eigenvalue weighted by molar-refractivity contribution is -0.116. The Morgan fingerprint density at radius 3 is 2.77 bits per heavy atom. The number of nitrogens with one attached hydrogen (secondary N) is 2. The molecule has 1 aromatic heterocycles. The molecule has 7 nitrogen and oxygen atoms in total. The molecule has 0 fully saturated rings. The average molecular weight is 444 g/mol. The molecular weight excluding hydrogens is 422 g/mol. The third-order valence-electron chi connectivity index (χ3n) is 4.80. The number of carbonyl (C=O) groups is 1. The Balaban J connectivity index is 1.66. The quantitative estimate of drug-likeness (QED) is 0.591. The zero-order valence-electron chi connectivity index (χ0n) is 16.6. The Morgan fingerprint density at radius 2 is 2.07 bits per heavy atom. The first kappa shape index (κ1) is 20.6. The molecule has 3 aromatic rings. The maximum atomic E-state index is 13.2. The molecule has 1 aliphatic rings. The van der Waals surface area contributed by atoms with Gasteiger partial charge in [0.2, 0.25) is 11.1 Å². The summed E-state index contributed by atoms with van der Waals surface area (Å²) in [7, 11) is 1.63. The maximum Gasteiger partial charge on any atom is 0.240 e. The van der Waals surface area contributed by atoms with Crippen LogP contribution in [0.4, 0.5) is 5.69 Å². The van der Waals surface area contributed by atoms with E-state index in [-0.39, 0.29) is 11.9 Å². The molecule has 4 rings (SSSR count). The van der Waals surface area contributed by atoms with E-state index in [1.165, 1.54) is 11.8 Å². The number of anilines is 1. The first-order valence-electron chi connectivity index (χ1n) is 9.67. The predicted octanol–water partition coefficient (Wildman–Crippen LogP) is 4.29. The van der Waals surface area contributed by atoms with Crippen LogP contribution in [-0.4, -0.2) is 33.1 Å². The molecule has 0 saturated heterocycles. The van der Waals surface area contributed by atoms with Gasteiger partial charge in [-0.2, -0.15) is 0 Å². The van der Waals surface area contributed by atoms with Crippen molar-refractivity contribution in [3.63, 3.8) is 0 Å². The number of thioether (sulfide) groups is 1. The van der Waals surface area contributed by atoms with Crippen LogP contribution in [0.3, 0.4) is 0 Å². The van der Waals surface area contributed by atoms with Crippen LogP contribution in [-0.2, 0) is 11.2 Å². The first-order chi connectivity index (χ1) is 14.6. The minimum Gasteiger partial charge on any atom is -0.497 e. The van der Waals surface area contributed by atoms with Crippen LogP contribution in [0.25, 0.3) is 0 Å². The second-order valence-electron chi connectivity index (χ2n) is 6.90. The molecule has 1 aliphatic heterocycles. The molecule has 0 saturated carbocycles. The van der Waals surface area contributed by atoms with Crippen LogP contribution >= 0.6 is 23.4 Å². The second kappa shape index (κ2) is 8.97. The van der Waals surface area contributed by atoms with Gasteiger partial charge in [-0.1, -0.05) is 48.5 Å². The third kappa shape index (κ3) is 4.24. The number of hydrogen-bond donors (Lipinski definition) is 2. The minimum atomic E-state index is -0.455. The van der Waals surface area contributed by atoms with Gasteiger partial charge in [0.25, 0.3) is 0 Å². The van der Waals surface area contributed by atoms with Crippen LogP contribution in [0.15, 0.2) is 53.7 Å². The molecular formula is C21H22ClN5O2S. The first-order valence-corrected chi connectivity index (χ1v) is 10.9. The standard InChI is InChI=1S/C21H22ClN5O2S/c1-3-5-17-24-25-21-27(17)26-18(13-8-10-16(29-2)11-9-13)19(30-21)20(28)23-15-7-4-6-14(22)12-15/h4,6-12,18-19,26H,3,5H2,1-2H3,(H,23,28)/t18-,19-/m1/s1. The number of amides is 1. The van der Waals surface area contributed by atoms with Gasteiger partial charge in [-0.3, -0.25) is 4.79 Å². The molecule has 0 bridgehead atoms. The van der Waals surface area contributed by atoms with Gasteiger partial charge in [0.15, 0.2) is 5.82 Å². The summed E-state index contributed by atoms with van der Waals surface area (Å²) in [4.78, 5) is 13.2. The van der Waals surface area contributed by atoms with Crippen molar-refractivity contribution < 1.29 is 9.53 Å². The van der Waals surface area contributed by atoms with Crippen molar-refractivity contribution in [3.05, 3.63) is 64.9 Å². The number of benzene rings is 2. The summed E-state index contributed by atoms with van der Waals surface area (Å²) in [5.74, 6) is 1.48. The number of aryl methyl sites for hydroxylation is 1. The van der Waals surface area contributed by atoms with E-state index in [0.29, 0.717) is 15.9 Å². The normalized spacial score (nSPS) is 17.7. The maximum absolute atomic E-state index is 13.2. The van der Waals surface area contributed by atoms with Gasteiger partial charge in [0.1, 0.15) is 11.0 Å². The lowest BCUT2D eigenvalue weighted by Gasteiger charge is -2.33. The lowest BCUT2D eigenvalue weighted by atomic mass is 10.0. The Hall–Kier alpha value is -2.71. The average Bonchev–Trinajstić information content (AvgIpc) is 3.15. The molecule has 2 N–H and O–H groups in total. The number of nitrogens with zero attached hydrogens (tertiary/aromatic N) is 3. The van der Waals surface area contributed by atoms with Crippen molar-refractivity contribution in [2.24, 2.45) is 0 Å². The number of fused-ring (bicyclic) bond motifs is 1. The fourth-order valence-corrected chi connectivity index (χ4v) is 4.61. The number of methoxy groups -OCH3 is 1. The monoisotopic (exact) mass is 443 g/mol. The number of hydrogen-bond acceptors (Lipinski definition) is 6. The fourth-order valence-electron chi connectivity index (χ4n) is 3.33. The van der Waals surface area contributed by atoms with Gasteiger partial charge in [-0.05, 0) is 42.3 Å². The van der Waals surface area contributed by atoms with Crippen molar-refractivity contribution in [2.45, 2.75) is 36.2 Å². The summed E-state index contributed by atoms with van der Waals surface area (Å²) in [5.41, 5.74) is 5.08. The number of rotatable bonds is 6.